The molecule has 1 amide bonds. The van der Waals surface area contributed by atoms with Gasteiger partial charge in [-0.05, 0) is 48.4 Å². The Hall–Kier alpha value is -3.17. The Morgan fingerprint density at radius 2 is 1.90 bits per heavy atom. The number of thiophene rings is 1. The summed E-state index contributed by atoms with van der Waals surface area (Å²) >= 11 is 1.36. The zero-order chi connectivity index (χ0) is 22.0. The number of benzene rings is 1. The van der Waals surface area contributed by atoms with Crippen molar-refractivity contribution < 1.29 is 18.0 Å². The number of aromatic amines is 1. The summed E-state index contributed by atoms with van der Waals surface area (Å²) in [5.41, 5.74) is 7.51. The highest BCUT2D eigenvalue weighted by atomic mass is 32.1. The van der Waals surface area contributed by atoms with E-state index in [1.807, 2.05) is 24.4 Å². The summed E-state index contributed by atoms with van der Waals surface area (Å²) < 4.78 is 38.2. The Labute approximate surface area is 180 Å². The second-order valence-electron chi connectivity index (χ2n) is 7.07. The monoisotopic (exact) mass is 444 g/mol. The molecule has 0 aliphatic rings. The molecule has 0 bridgehead atoms. The van der Waals surface area contributed by atoms with Gasteiger partial charge in [-0.2, -0.15) is 13.2 Å². The van der Waals surface area contributed by atoms with Crippen LogP contribution in [0.3, 0.4) is 0 Å². The Balaban J connectivity index is 1.45. The summed E-state index contributed by atoms with van der Waals surface area (Å²) in [5, 5.41) is 3.85. The van der Waals surface area contributed by atoms with Gasteiger partial charge in [0.1, 0.15) is 5.65 Å². The maximum atomic E-state index is 12.7. The molecular formula is C22H19F3N4OS. The quantitative estimate of drug-likeness (QED) is 0.406. The Kier molecular flexibility index (Phi) is 5.79. The van der Waals surface area contributed by atoms with Gasteiger partial charge >= 0.3 is 6.18 Å². The first-order valence-corrected chi connectivity index (χ1v) is 10.4. The van der Waals surface area contributed by atoms with Crippen LogP contribution in [0.2, 0.25) is 0 Å². The van der Waals surface area contributed by atoms with E-state index in [1.165, 1.54) is 23.5 Å². The number of nitrogens with zero attached hydrogens (tertiary/aromatic N) is 1. The fourth-order valence-electron chi connectivity index (χ4n) is 3.34. The molecule has 0 spiro atoms. The maximum Gasteiger partial charge on any atom is 0.416 e. The third kappa shape index (κ3) is 4.62. The average molecular weight is 444 g/mol. The Morgan fingerprint density at radius 3 is 2.61 bits per heavy atom. The number of carbonyl (C=O) groups excluding carboxylic acids is 1. The van der Waals surface area contributed by atoms with Gasteiger partial charge in [-0.1, -0.05) is 12.1 Å². The zero-order valence-corrected chi connectivity index (χ0v) is 17.1. The van der Waals surface area contributed by atoms with Crippen LogP contribution in [0.25, 0.3) is 21.5 Å². The van der Waals surface area contributed by atoms with Gasteiger partial charge in [-0.15, -0.1) is 11.3 Å². The summed E-state index contributed by atoms with van der Waals surface area (Å²) in [6, 6.07) is 12.0. The lowest BCUT2D eigenvalue weighted by Gasteiger charge is -2.17. The fraction of sp³-hybridized carbons (Fsp3) is 0.182. The number of nitrogens with two attached hydrogens (primary N) is 1. The molecule has 0 fully saturated rings. The minimum atomic E-state index is -4.38. The number of pyridine rings is 1. The minimum absolute atomic E-state index is 0.166. The number of alkyl halides is 3. The lowest BCUT2D eigenvalue weighted by atomic mass is 10.0. The molecule has 3 aromatic heterocycles. The number of halogens is 3. The van der Waals surface area contributed by atoms with E-state index in [9.17, 15) is 18.0 Å². The molecule has 4 aromatic rings. The van der Waals surface area contributed by atoms with Crippen LogP contribution in [0.4, 0.5) is 13.2 Å². The van der Waals surface area contributed by atoms with Crippen LogP contribution in [0, 0.1) is 0 Å². The topological polar surface area (TPSA) is 83.8 Å². The maximum absolute atomic E-state index is 12.7. The highest BCUT2D eigenvalue weighted by molar-refractivity contribution is 7.17. The molecule has 0 aliphatic carbocycles. The normalized spacial score (nSPS) is 12.8. The molecule has 4 N–H and O–H groups in total. The Bertz CT molecular complexity index is 1200. The zero-order valence-electron chi connectivity index (χ0n) is 16.2. The van der Waals surface area contributed by atoms with Crippen LogP contribution in [0.5, 0.6) is 0 Å². The summed E-state index contributed by atoms with van der Waals surface area (Å²) in [6.07, 6.45) is -0.512. The van der Waals surface area contributed by atoms with Gasteiger partial charge in [-0.25, -0.2) is 4.98 Å². The van der Waals surface area contributed by atoms with Gasteiger partial charge in [0.25, 0.3) is 5.91 Å². The van der Waals surface area contributed by atoms with Gasteiger partial charge in [0, 0.05) is 40.8 Å². The number of aromatic nitrogens is 2. The van der Waals surface area contributed by atoms with Gasteiger partial charge in [0.05, 0.1) is 10.4 Å². The van der Waals surface area contributed by atoms with Crippen molar-refractivity contribution in [3.8, 4) is 10.4 Å². The molecule has 4 rings (SSSR count). The van der Waals surface area contributed by atoms with E-state index >= 15 is 0 Å². The summed E-state index contributed by atoms with van der Waals surface area (Å²) in [5.74, 6) is -0.266. The number of amides is 1. The van der Waals surface area contributed by atoms with Crippen LogP contribution >= 0.6 is 11.3 Å². The average Bonchev–Trinajstić information content (AvgIpc) is 3.42. The van der Waals surface area contributed by atoms with Crippen molar-refractivity contribution in [2.75, 3.05) is 6.54 Å². The van der Waals surface area contributed by atoms with Crippen molar-refractivity contribution in [1.29, 1.82) is 0 Å². The van der Waals surface area contributed by atoms with Crippen molar-refractivity contribution >= 4 is 28.3 Å². The molecular weight excluding hydrogens is 425 g/mol. The number of nitrogens with one attached hydrogen (secondary N) is 2. The number of rotatable bonds is 6. The number of H-pyrrole nitrogens is 1. The van der Waals surface area contributed by atoms with Crippen LogP contribution in [0.1, 0.15) is 20.8 Å². The fourth-order valence-corrected chi connectivity index (χ4v) is 4.29. The van der Waals surface area contributed by atoms with E-state index in [0.717, 1.165) is 33.6 Å². The van der Waals surface area contributed by atoms with Gasteiger partial charge in [-0.3, -0.25) is 4.79 Å². The molecule has 0 aliphatic heterocycles. The molecule has 0 radical (unpaired) electrons. The largest absolute Gasteiger partial charge is 0.416 e. The predicted octanol–water partition coefficient (Wildman–Crippen LogP) is 4.61. The molecule has 1 atom stereocenters. The van der Waals surface area contributed by atoms with E-state index in [0.29, 0.717) is 16.9 Å². The van der Waals surface area contributed by atoms with E-state index in [4.69, 9.17) is 5.73 Å². The highest BCUT2D eigenvalue weighted by Gasteiger charge is 2.30. The molecule has 0 saturated heterocycles. The van der Waals surface area contributed by atoms with E-state index in [2.05, 4.69) is 15.3 Å². The van der Waals surface area contributed by atoms with Gasteiger partial charge in [0.2, 0.25) is 0 Å². The van der Waals surface area contributed by atoms with Gasteiger partial charge in [0.15, 0.2) is 0 Å². The molecule has 5 nitrogen and oxygen atoms in total. The molecule has 1 aromatic carbocycles. The van der Waals surface area contributed by atoms with Crippen LogP contribution in [-0.2, 0) is 12.6 Å². The molecule has 9 heteroatoms. The highest BCUT2D eigenvalue weighted by Crippen LogP contribution is 2.33. The van der Waals surface area contributed by atoms with Crippen molar-refractivity contribution in [2.24, 2.45) is 5.73 Å². The first-order valence-electron chi connectivity index (χ1n) is 9.54. The molecule has 31 heavy (non-hydrogen) atoms. The van der Waals surface area contributed by atoms with Crippen LogP contribution < -0.4 is 11.1 Å². The number of carbonyl (C=O) groups is 1. The Morgan fingerprint density at radius 1 is 1.13 bits per heavy atom. The van der Waals surface area contributed by atoms with Crippen molar-refractivity contribution in [2.45, 2.75) is 18.6 Å². The van der Waals surface area contributed by atoms with Crippen LogP contribution in [0.15, 0.2) is 60.9 Å². The van der Waals surface area contributed by atoms with E-state index in [1.54, 1.807) is 12.3 Å². The second kappa shape index (κ2) is 8.52. The van der Waals surface area contributed by atoms with Crippen LogP contribution in [-0.4, -0.2) is 28.5 Å². The SMILES string of the molecule is NC[C@H](Cc1ccc(C(F)(F)F)cc1)NC(=O)c1ccc(-c2ccnc3[nH]ccc23)s1. The number of fused-ring (bicyclic) bond motifs is 1. The van der Waals surface area contributed by atoms with Crippen molar-refractivity contribution in [3.63, 3.8) is 0 Å². The third-order valence-corrected chi connectivity index (χ3v) is 6.06. The minimum Gasteiger partial charge on any atom is -0.347 e. The third-order valence-electron chi connectivity index (χ3n) is 4.94. The summed E-state index contributed by atoms with van der Waals surface area (Å²) in [4.78, 5) is 21.5. The van der Waals surface area contributed by atoms with E-state index in [-0.39, 0.29) is 12.5 Å². The summed E-state index contributed by atoms with van der Waals surface area (Å²) in [6.45, 7) is 0.166. The molecule has 3 heterocycles. The van der Waals surface area contributed by atoms with Crippen molar-refractivity contribution in [3.05, 3.63) is 76.9 Å². The summed E-state index contributed by atoms with van der Waals surface area (Å²) in [7, 11) is 0. The predicted molar refractivity (Wildman–Crippen MR) is 115 cm³/mol. The standard InChI is InChI=1S/C22H19F3N4OS/c23-22(24,25)14-3-1-13(2-4-14)11-15(12-26)29-21(30)19-6-5-18(31-19)16-7-9-27-20-17(16)8-10-28-20/h1-10,15H,11-12,26H2,(H,27,28)(H,29,30)/t15-/m0/s1. The second-order valence-corrected chi connectivity index (χ2v) is 8.15. The lowest BCUT2D eigenvalue weighted by molar-refractivity contribution is -0.137. The number of hydrogen-bond acceptors (Lipinski definition) is 4. The molecule has 0 saturated carbocycles. The van der Waals surface area contributed by atoms with Crippen molar-refractivity contribution in [1.82, 2.24) is 15.3 Å². The first-order chi connectivity index (χ1) is 14.8. The molecule has 0 unspecified atom stereocenters. The first kappa shape index (κ1) is 21.1. The molecule has 160 valence electrons. The smallest absolute Gasteiger partial charge is 0.347 e. The van der Waals surface area contributed by atoms with Gasteiger partial charge < -0.3 is 16.0 Å². The number of hydrogen-bond donors (Lipinski definition) is 3. The van der Waals surface area contributed by atoms with E-state index < -0.39 is 17.8 Å². The lowest BCUT2D eigenvalue weighted by Crippen LogP contribution is -2.41.